The molecule has 0 saturated heterocycles. The molecular formula is C10H22O2S. The molecule has 80 valence electrons. The number of rotatable bonds is 6. The van der Waals surface area contributed by atoms with Crippen LogP contribution in [0.2, 0.25) is 0 Å². The zero-order valence-corrected chi connectivity index (χ0v) is 10.4. The van der Waals surface area contributed by atoms with Crippen LogP contribution >= 0.6 is 11.8 Å². The maximum Gasteiger partial charge on any atom is 0.0659 e. The highest BCUT2D eigenvalue weighted by Gasteiger charge is 2.19. The average molecular weight is 206 g/mol. The third-order valence-corrected chi connectivity index (χ3v) is 4.12. The minimum Gasteiger partial charge on any atom is -0.381 e. The molecule has 0 bridgehead atoms. The first-order chi connectivity index (χ1) is 6.02. The zero-order chi connectivity index (χ0) is 10.4. The normalized spacial score (nSPS) is 20.8. The summed E-state index contributed by atoms with van der Waals surface area (Å²) in [5.41, 5.74) is 0. The summed E-state index contributed by atoms with van der Waals surface area (Å²) in [7, 11) is 3.51. The van der Waals surface area contributed by atoms with Crippen LogP contribution < -0.4 is 0 Å². The van der Waals surface area contributed by atoms with Crippen LogP contribution in [-0.2, 0) is 9.47 Å². The zero-order valence-electron chi connectivity index (χ0n) is 9.53. The Hall–Kier alpha value is 0.270. The van der Waals surface area contributed by atoms with Gasteiger partial charge in [0.15, 0.2) is 0 Å². The Bertz CT molecular complexity index is 116. The van der Waals surface area contributed by atoms with E-state index < -0.39 is 0 Å². The van der Waals surface area contributed by atoms with Gasteiger partial charge in [0.05, 0.1) is 12.2 Å². The van der Waals surface area contributed by atoms with Crippen LogP contribution in [0.1, 0.15) is 27.7 Å². The number of hydrogen-bond donors (Lipinski definition) is 0. The molecule has 0 rings (SSSR count). The van der Waals surface area contributed by atoms with Crippen LogP contribution in [-0.4, -0.2) is 36.9 Å². The van der Waals surface area contributed by atoms with Crippen molar-refractivity contribution in [1.82, 2.24) is 0 Å². The summed E-state index contributed by atoms with van der Waals surface area (Å²) in [6.07, 6.45) is 0.605. The third-order valence-electron chi connectivity index (χ3n) is 2.49. The van der Waals surface area contributed by atoms with E-state index in [1.807, 2.05) is 11.8 Å². The van der Waals surface area contributed by atoms with Gasteiger partial charge in [-0.1, -0.05) is 13.8 Å². The topological polar surface area (TPSA) is 18.5 Å². The molecule has 0 fully saturated rings. The molecule has 3 heteroatoms. The Morgan fingerprint density at radius 1 is 0.769 bits per heavy atom. The molecular weight excluding hydrogens is 184 g/mol. The van der Waals surface area contributed by atoms with Crippen LogP contribution in [0.3, 0.4) is 0 Å². The Labute approximate surface area is 86.4 Å². The molecule has 2 nitrogen and oxygen atoms in total. The Morgan fingerprint density at radius 3 is 1.31 bits per heavy atom. The molecule has 0 aliphatic heterocycles. The Balaban J connectivity index is 3.83. The lowest BCUT2D eigenvalue weighted by molar-refractivity contribution is 0.113. The fourth-order valence-electron chi connectivity index (χ4n) is 0.943. The van der Waals surface area contributed by atoms with Crippen molar-refractivity contribution in [2.75, 3.05) is 14.2 Å². The van der Waals surface area contributed by atoms with E-state index in [4.69, 9.17) is 9.47 Å². The highest BCUT2D eigenvalue weighted by molar-refractivity contribution is 8.00. The highest BCUT2D eigenvalue weighted by Crippen LogP contribution is 2.24. The van der Waals surface area contributed by atoms with E-state index in [0.29, 0.717) is 22.7 Å². The Kier molecular flexibility index (Phi) is 6.82. The first-order valence-electron chi connectivity index (χ1n) is 4.74. The lowest BCUT2D eigenvalue weighted by Crippen LogP contribution is -2.26. The molecule has 0 heterocycles. The summed E-state index contributed by atoms with van der Waals surface area (Å²) in [6.45, 7) is 8.58. The van der Waals surface area contributed by atoms with Crippen molar-refractivity contribution in [3.8, 4) is 0 Å². The number of hydrogen-bond acceptors (Lipinski definition) is 3. The Morgan fingerprint density at radius 2 is 1.08 bits per heavy atom. The summed E-state index contributed by atoms with van der Waals surface area (Å²) < 4.78 is 10.5. The van der Waals surface area contributed by atoms with Gasteiger partial charge in [0, 0.05) is 24.7 Å². The van der Waals surface area contributed by atoms with Gasteiger partial charge < -0.3 is 9.47 Å². The number of methoxy groups -OCH3 is 2. The molecule has 13 heavy (non-hydrogen) atoms. The molecule has 0 aliphatic carbocycles. The summed E-state index contributed by atoms with van der Waals surface area (Å²) in [4.78, 5) is 0. The van der Waals surface area contributed by atoms with Crippen LogP contribution in [0.25, 0.3) is 0 Å². The van der Waals surface area contributed by atoms with Crippen molar-refractivity contribution < 1.29 is 9.47 Å². The van der Waals surface area contributed by atoms with Gasteiger partial charge in [-0.15, -0.1) is 0 Å². The van der Waals surface area contributed by atoms with E-state index in [1.165, 1.54) is 0 Å². The molecule has 0 N–H and O–H groups in total. The van der Waals surface area contributed by atoms with Gasteiger partial charge in [0.2, 0.25) is 0 Å². The summed E-state index contributed by atoms with van der Waals surface area (Å²) >= 11 is 1.91. The fourth-order valence-corrected chi connectivity index (χ4v) is 2.29. The van der Waals surface area contributed by atoms with Crippen molar-refractivity contribution in [3.63, 3.8) is 0 Å². The second-order valence-corrected chi connectivity index (χ2v) is 5.19. The van der Waals surface area contributed by atoms with Gasteiger partial charge in [0.1, 0.15) is 0 Å². The van der Waals surface area contributed by atoms with Crippen molar-refractivity contribution in [2.45, 2.75) is 50.4 Å². The molecule has 4 atom stereocenters. The maximum absolute atomic E-state index is 5.26. The summed E-state index contributed by atoms with van der Waals surface area (Å²) in [5.74, 6) is 0. The fraction of sp³-hybridized carbons (Fsp3) is 1.00. The van der Waals surface area contributed by atoms with Crippen molar-refractivity contribution in [2.24, 2.45) is 0 Å². The van der Waals surface area contributed by atoms with Crippen LogP contribution in [0.4, 0.5) is 0 Å². The largest absolute Gasteiger partial charge is 0.381 e. The molecule has 0 saturated carbocycles. The predicted octanol–water partition coefficient (Wildman–Crippen LogP) is 2.57. The summed E-state index contributed by atoms with van der Waals surface area (Å²) in [5, 5.41) is 1.02. The van der Waals surface area contributed by atoms with Gasteiger partial charge in [-0.3, -0.25) is 0 Å². The standard InChI is InChI=1S/C10H22O2S/c1-7(11-5)9(3)13-10(4)8(2)12-6/h7-10H,1-6H3. The lowest BCUT2D eigenvalue weighted by Gasteiger charge is -2.24. The molecule has 0 spiro atoms. The quantitative estimate of drug-likeness (QED) is 0.665. The van der Waals surface area contributed by atoms with E-state index in [2.05, 4.69) is 27.7 Å². The van der Waals surface area contributed by atoms with E-state index in [9.17, 15) is 0 Å². The van der Waals surface area contributed by atoms with Gasteiger partial charge in [-0.25, -0.2) is 0 Å². The lowest BCUT2D eigenvalue weighted by atomic mass is 10.3. The van der Waals surface area contributed by atoms with Crippen molar-refractivity contribution >= 4 is 11.8 Å². The molecule has 4 unspecified atom stereocenters. The van der Waals surface area contributed by atoms with Crippen molar-refractivity contribution in [3.05, 3.63) is 0 Å². The smallest absolute Gasteiger partial charge is 0.0659 e. The van der Waals surface area contributed by atoms with E-state index in [1.54, 1.807) is 14.2 Å². The second kappa shape index (κ2) is 6.68. The monoisotopic (exact) mass is 206 g/mol. The van der Waals surface area contributed by atoms with E-state index in [0.717, 1.165) is 0 Å². The van der Waals surface area contributed by atoms with Gasteiger partial charge in [0.25, 0.3) is 0 Å². The second-order valence-electron chi connectivity index (χ2n) is 3.43. The minimum absolute atomic E-state index is 0.302. The molecule has 0 aromatic carbocycles. The van der Waals surface area contributed by atoms with Gasteiger partial charge in [-0.2, -0.15) is 11.8 Å². The van der Waals surface area contributed by atoms with Gasteiger partial charge in [-0.05, 0) is 13.8 Å². The van der Waals surface area contributed by atoms with Gasteiger partial charge >= 0.3 is 0 Å². The van der Waals surface area contributed by atoms with Crippen molar-refractivity contribution in [1.29, 1.82) is 0 Å². The minimum atomic E-state index is 0.302. The predicted molar refractivity (Wildman–Crippen MR) is 59.5 cm³/mol. The average Bonchev–Trinajstić information content (AvgIpc) is 2.14. The SMILES string of the molecule is COC(C)C(C)SC(C)C(C)OC. The van der Waals surface area contributed by atoms with Crippen LogP contribution in [0, 0.1) is 0 Å². The maximum atomic E-state index is 5.26. The van der Waals surface area contributed by atoms with Crippen LogP contribution in [0.15, 0.2) is 0 Å². The first kappa shape index (κ1) is 13.3. The molecule has 0 amide bonds. The van der Waals surface area contributed by atoms with E-state index >= 15 is 0 Å². The molecule has 0 aromatic rings. The third kappa shape index (κ3) is 4.89. The molecule has 0 radical (unpaired) electrons. The highest BCUT2D eigenvalue weighted by atomic mass is 32.2. The number of ether oxygens (including phenoxy) is 2. The number of thioether (sulfide) groups is 1. The molecule has 0 aromatic heterocycles. The first-order valence-corrected chi connectivity index (χ1v) is 5.68. The molecule has 0 aliphatic rings. The summed E-state index contributed by atoms with van der Waals surface area (Å²) in [6, 6.07) is 0. The van der Waals surface area contributed by atoms with E-state index in [-0.39, 0.29) is 0 Å². The van der Waals surface area contributed by atoms with Crippen LogP contribution in [0.5, 0.6) is 0 Å².